The number of hydrogen-bond donors (Lipinski definition) is 1. The summed E-state index contributed by atoms with van der Waals surface area (Å²) in [6, 6.07) is 7.71. The van der Waals surface area contributed by atoms with Gasteiger partial charge in [-0.3, -0.25) is 4.79 Å². The number of amides is 1. The third-order valence-corrected chi connectivity index (χ3v) is 2.89. The maximum atomic E-state index is 12.8. The summed E-state index contributed by atoms with van der Waals surface area (Å²) in [5, 5.41) is 6.81. The lowest BCUT2D eigenvalue weighted by Crippen LogP contribution is -2.22. The van der Waals surface area contributed by atoms with Gasteiger partial charge in [0.25, 0.3) is 5.91 Å². The smallest absolute Gasteiger partial charge is 0.257 e. The number of hydrogen-bond acceptors (Lipinski definition) is 3. The van der Waals surface area contributed by atoms with Crippen LogP contribution < -0.4 is 5.32 Å². The molecular formula is C14H11FN4O. The molecule has 1 N–H and O–H groups in total. The zero-order valence-electron chi connectivity index (χ0n) is 10.5. The van der Waals surface area contributed by atoms with Crippen LogP contribution >= 0.6 is 0 Å². The maximum Gasteiger partial charge on any atom is 0.257 e. The Morgan fingerprint density at radius 2 is 2.10 bits per heavy atom. The summed E-state index contributed by atoms with van der Waals surface area (Å²) in [6.07, 6.45) is 4.80. The van der Waals surface area contributed by atoms with Gasteiger partial charge < -0.3 is 5.32 Å². The molecule has 1 amide bonds. The summed E-state index contributed by atoms with van der Waals surface area (Å²) < 4.78 is 14.3. The van der Waals surface area contributed by atoms with Crippen molar-refractivity contribution in [2.45, 2.75) is 6.54 Å². The first-order valence-corrected chi connectivity index (χ1v) is 6.05. The van der Waals surface area contributed by atoms with Gasteiger partial charge in [0.2, 0.25) is 0 Å². The van der Waals surface area contributed by atoms with Gasteiger partial charge in [0, 0.05) is 18.9 Å². The van der Waals surface area contributed by atoms with Gasteiger partial charge in [0.1, 0.15) is 11.4 Å². The third-order valence-electron chi connectivity index (χ3n) is 2.89. The Balaban J connectivity index is 1.75. The first-order valence-electron chi connectivity index (χ1n) is 6.05. The van der Waals surface area contributed by atoms with Crippen molar-refractivity contribution in [3.8, 4) is 0 Å². The predicted molar refractivity (Wildman–Crippen MR) is 70.6 cm³/mol. The highest BCUT2D eigenvalue weighted by molar-refractivity contribution is 5.99. The Hall–Kier alpha value is -2.76. The van der Waals surface area contributed by atoms with E-state index < -0.39 is 0 Å². The van der Waals surface area contributed by atoms with Crippen LogP contribution in [0.3, 0.4) is 0 Å². The summed E-state index contributed by atoms with van der Waals surface area (Å²) in [5.74, 6) is -0.560. The minimum Gasteiger partial charge on any atom is -0.348 e. The quantitative estimate of drug-likeness (QED) is 0.789. The van der Waals surface area contributed by atoms with E-state index in [1.165, 1.54) is 22.8 Å². The van der Waals surface area contributed by atoms with Crippen LogP contribution in [0.4, 0.5) is 4.39 Å². The number of nitrogens with one attached hydrogen (secondary N) is 1. The molecule has 2 heterocycles. The van der Waals surface area contributed by atoms with Gasteiger partial charge in [-0.15, -0.1) is 0 Å². The Morgan fingerprint density at radius 3 is 2.90 bits per heavy atom. The summed E-state index contributed by atoms with van der Waals surface area (Å²) in [7, 11) is 0. The monoisotopic (exact) mass is 270 g/mol. The largest absolute Gasteiger partial charge is 0.348 e. The summed E-state index contributed by atoms with van der Waals surface area (Å²) in [6.45, 7) is 0.323. The Labute approximate surface area is 114 Å². The molecule has 3 rings (SSSR count). The van der Waals surface area contributed by atoms with Crippen molar-refractivity contribution in [1.82, 2.24) is 19.9 Å². The van der Waals surface area contributed by atoms with Gasteiger partial charge in [-0.25, -0.2) is 13.9 Å². The molecule has 0 unspecified atom stereocenters. The van der Waals surface area contributed by atoms with Crippen LogP contribution in [0.15, 0.2) is 48.9 Å². The molecule has 0 bridgehead atoms. The minimum absolute atomic E-state index is 0.261. The molecule has 0 aliphatic carbocycles. The molecule has 0 saturated carbocycles. The zero-order valence-corrected chi connectivity index (χ0v) is 10.5. The highest BCUT2D eigenvalue weighted by atomic mass is 19.1. The fraction of sp³-hybridized carbons (Fsp3) is 0.0714. The Kier molecular flexibility index (Phi) is 3.12. The standard InChI is InChI=1S/C14H11FN4O/c15-11-4-2-10(3-5-11)8-17-14(20)12-9-18-19-7-1-6-16-13(12)19/h1-7,9H,8H2,(H,17,20). The molecule has 2 aromatic heterocycles. The van der Waals surface area contributed by atoms with E-state index in [4.69, 9.17) is 0 Å². The van der Waals surface area contributed by atoms with Crippen LogP contribution in [0.2, 0.25) is 0 Å². The predicted octanol–water partition coefficient (Wildman–Crippen LogP) is 1.80. The number of nitrogens with zero attached hydrogens (tertiary/aromatic N) is 3. The van der Waals surface area contributed by atoms with Gasteiger partial charge in [0.15, 0.2) is 5.65 Å². The van der Waals surface area contributed by atoms with Crippen molar-refractivity contribution in [2.75, 3.05) is 0 Å². The van der Waals surface area contributed by atoms with Crippen molar-refractivity contribution in [3.63, 3.8) is 0 Å². The second kappa shape index (κ2) is 5.08. The van der Waals surface area contributed by atoms with Crippen LogP contribution in [0, 0.1) is 5.82 Å². The zero-order chi connectivity index (χ0) is 13.9. The number of halogens is 1. The van der Waals surface area contributed by atoms with Crippen LogP contribution in [-0.4, -0.2) is 20.5 Å². The molecule has 0 aliphatic heterocycles. The number of fused-ring (bicyclic) bond motifs is 1. The minimum atomic E-state index is -0.299. The molecule has 6 heteroatoms. The van der Waals surface area contributed by atoms with E-state index in [1.807, 2.05) is 0 Å². The van der Waals surface area contributed by atoms with Crippen molar-refractivity contribution >= 4 is 11.6 Å². The number of carbonyl (C=O) groups excluding carboxylic acids is 1. The maximum absolute atomic E-state index is 12.8. The molecule has 100 valence electrons. The van der Waals surface area contributed by atoms with Crippen molar-refractivity contribution < 1.29 is 9.18 Å². The van der Waals surface area contributed by atoms with Gasteiger partial charge in [-0.1, -0.05) is 12.1 Å². The molecule has 0 radical (unpaired) electrons. The second-order valence-electron chi connectivity index (χ2n) is 4.26. The van der Waals surface area contributed by atoms with E-state index >= 15 is 0 Å². The first-order chi connectivity index (χ1) is 9.74. The van der Waals surface area contributed by atoms with E-state index in [0.717, 1.165) is 5.56 Å². The topological polar surface area (TPSA) is 59.3 Å². The molecule has 3 aromatic rings. The number of carbonyl (C=O) groups is 1. The molecular weight excluding hydrogens is 259 g/mol. The summed E-state index contributed by atoms with van der Waals surface area (Å²) >= 11 is 0. The molecule has 1 aromatic carbocycles. The van der Waals surface area contributed by atoms with E-state index in [9.17, 15) is 9.18 Å². The molecule has 0 spiro atoms. The van der Waals surface area contributed by atoms with Crippen LogP contribution in [0.1, 0.15) is 15.9 Å². The van der Waals surface area contributed by atoms with Gasteiger partial charge in [-0.05, 0) is 23.8 Å². The fourth-order valence-corrected chi connectivity index (χ4v) is 1.87. The Morgan fingerprint density at radius 1 is 1.30 bits per heavy atom. The summed E-state index contributed by atoms with van der Waals surface area (Å²) in [5.41, 5.74) is 1.74. The van der Waals surface area contributed by atoms with E-state index in [-0.39, 0.29) is 11.7 Å². The molecule has 0 saturated heterocycles. The molecule has 0 aliphatic rings. The lowest BCUT2D eigenvalue weighted by molar-refractivity contribution is 0.0952. The average Bonchev–Trinajstić information content (AvgIpc) is 2.90. The van der Waals surface area contributed by atoms with Crippen molar-refractivity contribution in [1.29, 1.82) is 0 Å². The Bertz CT molecular complexity index is 751. The summed E-state index contributed by atoms with van der Waals surface area (Å²) in [4.78, 5) is 16.2. The van der Waals surface area contributed by atoms with Gasteiger partial charge in [0.05, 0.1) is 6.20 Å². The van der Waals surface area contributed by atoms with Crippen molar-refractivity contribution in [2.24, 2.45) is 0 Å². The van der Waals surface area contributed by atoms with E-state index in [0.29, 0.717) is 17.8 Å². The normalized spacial score (nSPS) is 10.7. The molecule has 0 atom stereocenters. The van der Waals surface area contributed by atoms with Crippen LogP contribution in [0.25, 0.3) is 5.65 Å². The van der Waals surface area contributed by atoms with Gasteiger partial charge in [-0.2, -0.15) is 5.10 Å². The van der Waals surface area contributed by atoms with E-state index in [2.05, 4.69) is 15.4 Å². The lowest BCUT2D eigenvalue weighted by atomic mass is 10.2. The highest BCUT2D eigenvalue weighted by Gasteiger charge is 2.12. The number of benzene rings is 1. The SMILES string of the molecule is O=C(NCc1ccc(F)cc1)c1cnn2cccnc12. The third kappa shape index (κ3) is 2.35. The highest BCUT2D eigenvalue weighted by Crippen LogP contribution is 2.07. The van der Waals surface area contributed by atoms with Crippen LogP contribution in [-0.2, 0) is 6.54 Å². The molecule has 0 fully saturated rings. The average molecular weight is 270 g/mol. The van der Waals surface area contributed by atoms with Crippen LogP contribution in [0.5, 0.6) is 0 Å². The first kappa shape index (κ1) is 12.3. The number of aromatic nitrogens is 3. The second-order valence-corrected chi connectivity index (χ2v) is 4.26. The molecule has 20 heavy (non-hydrogen) atoms. The molecule has 5 nitrogen and oxygen atoms in total. The number of rotatable bonds is 3. The van der Waals surface area contributed by atoms with E-state index in [1.54, 1.807) is 30.6 Å². The van der Waals surface area contributed by atoms with Gasteiger partial charge >= 0.3 is 0 Å². The van der Waals surface area contributed by atoms with Crippen molar-refractivity contribution in [3.05, 3.63) is 65.9 Å². The fourth-order valence-electron chi connectivity index (χ4n) is 1.87. The lowest BCUT2D eigenvalue weighted by Gasteiger charge is -2.04.